The van der Waals surface area contributed by atoms with Crippen LogP contribution in [0, 0.1) is 0 Å². The van der Waals surface area contributed by atoms with Gasteiger partial charge in [-0.25, -0.2) is 4.98 Å². The van der Waals surface area contributed by atoms with Gasteiger partial charge in [0.2, 0.25) is 5.95 Å². The Morgan fingerprint density at radius 2 is 2.00 bits per heavy atom. The number of nitrogens with zero attached hydrogens (tertiary/aromatic N) is 3. The standard InChI is InChI=1S/C12H18F3N5/c1-20(2)11(4-3-5-11)7-17-9-6-8(12(13,14)15)18-10(16)19-9/h6H,3-5,7H2,1-2H3,(H3,16,17,18,19). The monoisotopic (exact) mass is 289 g/mol. The van der Waals surface area contributed by atoms with E-state index in [1.165, 1.54) is 0 Å². The predicted molar refractivity (Wildman–Crippen MR) is 70.2 cm³/mol. The average Bonchev–Trinajstić information content (AvgIpc) is 2.25. The van der Waals surface area contributed by atoms with Gasteiger partial charge < -0.3 is 16.0 Å². The fraction of sp³-hybridized carbons (Fsp3) is 0.667. The Kier molecular flexibility index (Phi) is 3.77. The molecule has 1 aromatic rings. The first-order chi connectivity index (χ1) is 9.23. The van der Waals surface area contributed by atoms with E-state index in [0.29, 0.717) is 6.54 Å². The zero-order valence-electron chi connectivity index (χ0n) is 11.5. The van der Waals surface area contributed by atoms with Gasteiger partial charge in [0.15, 0.2) is 5.69 Å². The summed E-state index contributed by atoms with van der Waals surface area (Å²) < 4.78 is 37.9. The molecule has 0 radical (unpaired) electrons. The SMILES string of the molecule is CN(C)C1(CNc2cc(C(F)(F)F)nc(N)n2)CCC1. The molecule has 5 nitrogen and oxygen atoms in total. The number of hydrogen-bond acceptors (Lipinski definition) is 5. The lowest BCUT2D eigenvalue weighted by molar-refractivity contribution is -0.141. The van der Waals surface area contributed by atoms with E-state index in [4.69, 9.17) is 5.73 Å². The summed E-state index contributed by atoms with van der Waals surface area (Å²) in [7, 11) is 3.94. The zero-order chi connectivity index (χ0) is 15.0. The minimum absolute atomic E-state index is 0.0158. The molecule has 0 unspecified atom stereocenters. The molecule has 0 bridgehead atoms. The van der Waals surface area contributed by atoms with Crippen molar-refractivity contribution in [1.29, 1.82) is 0 Å². The number of rotatable bonds is 4. The Balaban J connectivity index is 2.12. The third-order valence-electron chi connectivity index (χ3n) is 3.87. The second-order valence-electron chi connectivity index (χ2n) is 5.32. The molecule has 0 saturated heterocycles. The van der Waals surface area contributed by atoms with Crippen molar-refractivity contribution >= 4 is 11.8 Å². The number of nitrogens with two attached hydrogens (primary N) is 1. The summed E-state index contributed by atoms with van der Waals surface area (Å²) >= 11 is 0. The van der Waals surface area contributed by atoms with E-state index < -0.39 is 11.9 Å². The van der Waals surface area contributed by atoms with Crippen molar-refractivity contribution in [3.05, 3.63) is 11.8 Å². The van der Waals surface area contributed by atoms with Gasteiger partial charge in [0.1, 0.15) is 5.82 Å². The van der Waals surface area contributed by atoms with Gasteiger partial charge in [0.25, 0.3) is 0 Å². The smallest absolute Gasteiger partial charge is 0.368 e. The van der Waals surface area contributed by atoms with Crippen LogP contribution in [0.2, 0.25) is 0 Å². The van der Waals surface area contributed by atoms with E-state index in [0.717, 1.165) is 25.3 Å². The second kappa shape index (κ2) is 5.08. The average molecular weight is 289 g/mol. The van der Waals surface area contributed by atoms with Crippen LogP contribution in [0.5, 0.6) is 0 Å². The van der Waals surface area contributed by atoms with Crippen LogP contribution in [0.25, 0.3) is 0 Å². The van der Waals surface area contributed by atoms with Crippen LogP contribution in [0.3, 0.4) is 0 Å². The third kappa shape index (κ3) is 2.95. The van der Waals surface area contributed by atoms with Crippen LogP contribution in [0.1, 0.15) is 25.0 Å². The summed E-state index contributed by atoms with van der Waals surface area (Å²) in [6.45, 7) is 0.535. The Morgan fingerprint density at radius 1 is 1.35 bits per heavy atom. The van der Waals surface area contributed by atoms with E-state index in [2.05, 4.69) is 20.2 Å². The van der Waals surface area contributed by atoms with Crippen molar-refractivity contribution in [3.8, 4) is 0 Å². The number of anilines is 2. The molecule has 0 aromatic carbocycles. The Bertz CT molecular complexity index is 482. The highest BCUT2D eigenvalue weighted by molar-refractivity contribution is 5.41. The quantitative estimate of drug-likeness (QED) is 0.887. The maximum atomic E-state index is 12.6. The lowest BCUT2D eigenvalue weighted by Crippen LogP contribution is -2.54. The van der Waals surface area contributed by atoms with E-state index in [-0.39, 0.29) is 17.3 Å². The molecule has 1 aliphatic carbocycles. The van der Waals surface area contributed by atoms with Crippen molar-refractivity contribution in [2.75, 3.05) is 31.7 Å². The molecule has 1 aliphatic rings. The molecule has 0 amide bonds. The minimum atomic E-state index is -4.52. The molecule has 0 atom stereocenters. The maximum Gasteiger partial charge on any atom is 0.433 e. The van der Waals surface area contributed by atoms with Gasteiger partial charge in [-0.3, -0.25) is 0 Å². The molecular weight excluding hydrogens is 271 g/mol. The molecule has 8 heteroatoms. The Morgan fingerprint density at radius 3 is 2.45 bits per heavy atom. The van der Waals surface area contributed by atoms with Crippen molar-refractivity contribution in [2.45, 2.75) is 31.0 Å². The number of aromatic nitrogens is 2. The van der Waals surface area contributed by atoms with Gasteiger partial charge in [-0.2, -0.15) is 18.2 Å². The third-order valence-corrected chi connectivity index (χ3v) is 3.87. The van der Waals surface area contributed by atoms with Crippen LogP contribution in [-0.2, 0) is 6.18 Å². The van der Waals surface area contributed by atoms with Gasteiger partial charge in [-0.15, -0.1) is 0 Å². The summed E-state index contributed by atoms with van der Waals surface area (Å²) in [6.07, 6.45) is -1.37. The first-order valence-electron chi connectivity index (χ1n) is 6.36. The van der Waals surface area contributed by atoms with Crippen LogP contribution >= 0.6 is 0 Å². The number of halogens is 3. The van der Waals surface area contributed by atoms with Gasteiger partial charge in [0, 0.05) is 18.2 Å². The highest BCUT2D eigenvalue weighted by atomic mass is 19.4. The van der Waals surface area contributed by atoms with Crippen molar-refractivity contribution < 1.29 is 13.2 Å². The Hall–Kier alpha value is -1.57. The predicted octanol–water partition coefficient (Wildman–Crippen LogP) is 1.97. The summed E-state index contributed by atoms with van der Waals surface area (Å²) in [5, 5.41) is 2.95. The molecule has 20 heavy (non-hydrogen) atoms. The van der Waals surface area contributed by atoms with E-state index >= 15 is 0 Å². The molecule has 1 saturated carbocycles. The van der Waals surface area contributed by atoms with Crippen molar-refractivity contribution in [3.63, 3.8) is 0 Å². The normalized spacial score (nSPS) is 17.9. The number of nitrogen functional groups attached to an aromatic ring is 1. The van der Waals surface area contributed by atoms with Crippen molar-refractivity contribution in [2.24, 2.45) is 0 Å². The van der Waals surface area contributed by atoms with Gasteiger partial charge in [-0.05, 0) is 33.4 Å². The summed E-state index contributed by atoms with van der Waals surface area (Å²) in [4.78, 5) is 9.11. The molecule has 112 valence electrons. The highest BCUT2D eigenvalue weighted by Crippen LogP contribution is 2.36. The molecular formula is C12H18F3N5. The topological polar surface area (TPSA) is 67.1 Å². The van der Waals surface area contributed by atoms with Gasteiger partial charge >= 0.3 is 6.18 Å². The van der Waals surface area contributed by atoms with Gasteiger partial charge in [-0.1, -0.05) is 0 Å². The molecule has 0 aliphatic heterocycles. The first kappa shape index (κ1) is 14.8. The second-order valence-corrected chi connectivity index (χ2v) is 5.32. The van der Waals surface area contributed by atoms with Crippen LogP contribution in [-0.4, -0.2) is 41.0 Å². The molecule has 1 fully saturated rings. The summed E-state index contributed by atoms with van der Waals surface area (Å²) in [5.41, 5.74) is 4.29. The lowest BCUT2D eigenvalue weighted by atomic mass is 9.75. The largest absolute Gasteiger partial charge is 0.433 e. The van der Waals surface area contributed by atoms with E-state index in [1.807, 2.05) is 14.1 Å². The molecule has 3 N–H and O–H groups in total. The fourth-order valence-corrected chi connectivity index (χ4v) is 2.32. The van der Waals surface area contributed by atoms with Crippen LogP contribution < -0.4 is 11.1 Å². The highest BCUT2D eigenvalue weighted by Gasteiger charge is 2.39. The Labute approximate surface area is 115 Å². The molecule has 0 spiro atoms. The van der Waals surface area contributed by atoms with Gasteiger partial charge in [0.05, 0.1) is 0 Å². The molecule has 1 aromatic heterocycles. The van der Waals surface area contributed by atoms with Crippen LogP contribution in [0.4, 0.5) is 24.9 Å². The maximum absolute atomic E-state index is 12.6. The van der Waals surface area contributed by atoms with E-state index in [1.54, 1.807) is 0 Å². The zero-order valence-corrected chi connectivity index (χ0v) is 11.5. The van der Waals surface area contributed by atoms with Crippen LogP contribution in [0.15, 0.2) is 6.07 Å². The van der Waals surface area contributed by atoms with Crippen molar-refractivity contribution in [1.82, 2.24) is 14.9 Å². The summed E-state index contributed by atoms with van der Waals surface area (Å²) in [5.74, 6) is -0.271. The lowest BCUT2D eigenvalue weighted by Gasteiger charge is -2.47. The number of likely N-dealkylation sites (N-methyl/N-ethyl adjacent to an activating group) is 1. The summed E-state index contributed by atoms with van der Waals surface area (Å²) in [6, 6.07) is 0.887. The number of nitrogens with one attached hydrogen (secondary N) is 1. The molecule has 1 heterocycles. The number of alkyl halides is 3. The fourth-order valence-electron chi connectivity index (χ4n) is 2.32. The minimum Gasteiger partial charge on any atom is -0.368 e. The number of hydrogen-bond donors (Lipinski definition) is 2. The molecule has 2 rings (SSSR count). The first-order valence-corrected chi connectivity index (χ1v) is 6.36. The van der Waals surface area contributed by atoms with E-state index in [9.17, 15) is 13.2 Å².